The Balaban J connectivity index is 1.52. The van der Waals surface area contributed by atoms with Crippen molar-refractivity contribution in [3.63, 3.8) is 0 Å². The van der Waals surface area contributed by atoms with Gasteiger partial charge in [0.05, 0.1) is 0 Å². The SMILES string of the molecule is c1ccc(OC2(Oc3ccccc3)Oc3ccc4ccccc4c3-c3c(ccc4ccccc34)O2)cc1. The van der Waals surface area contributed by atoms with E-state index in [1.807, 2.05) is 109 Å². The predicted octanol–water partition coefficient (Wildman–Crippen LogP) is 8.20. The zero-order valence-corrected chi connectivity index (χ0v) is 19.8. The summed E-state index contributed by atoms with van der Waals surface area (Å²) in [6, 6.07) is 43.3. The number of hydrogen-bond acceptors (Lipinski definition) is 4. The number of ether oxygens (including phenoxy) is 4. The summed E-state index contributed by atoms with van der Waals surface area (Å²) in [7, 11) is 0. The van der Waals surface area contributed by atoms with Gasteiger partial charge in [0.2, 0.25) is 0 Å². The van der Waals surface area contributed by atoms with Gasteiger partial charge in [-0.15, -0.1) is 0 Å². The lowest BCUT2D eigenvalue weighted by atomic mass is 9.92. The molecule has 6 aromatic rings. The molecule has 0 unspecified atom stereocenters. The molecule has 0 amide bonds. The monoisotopic (exact) mass is 482 g/mol. The maximum atomic E-state index is 6.63. The maximum absolute atomic E-state index is 6.63. The highest BCUT2D eigenvalue weighted by Crippen LogP contribution is 2.49. The second-order valence-corrected chi connectivity index (χ2v) is 8.85. The van der Waals surface area contributed by atoms with Crippen LogP contribution < -0.4 is 18.9 Å². The van der Waals surface area contributed by atoms with Gasteiger partial charge in [0.1, 0.15) is 23.0 Å². The summed E-state index contributed by atoms with van der Waals surface area (Å²) < 4.78 is 26.0. The summed E-state index contributed by atoms with van der Waals surface area (Å²) in [4.78, 5) is 0. The fourth-order valence-corrected chi connectivity index (χ4v) is 4.85. The molecular formula is C33H22O4. The van der Waals surface area contributed by atoms with Crippen molar-refractivity contribution in [3.05, 3.63) is 133 Å². The minimum absolute atomic E-state index is 0.546. The molecule has 0 N–H and O–H groups in total. The Hall–Kier alpha value is -4.96. The lowest BCUT2D eigenvalue weighted by Crippen LogP contribution is -2.53. The van der Waals surface area contributed by atoms with Crippen LogP contribution in [0.5, 0.6) is 23.0 Å². The van der Waals surface area contributed by atoms with E-state index in [1.54, 1.807) is 0 Å². The quantitative estimate of drug-likeness (QED) is 0.237. The third kappa shape index (κ3) is 3.80. The Morgan fingerprint density at radius 2 is 0.811 bits per heavy atom. The van der Waals surface area contributed by atoms with Gasteiger partial charge in [0.15, 0.2) is 0 Å². The zero-order valence-electron chi connectivity index (χ0n) is 19.8. The van der Waals surface area contributed by atoms with Crippen molar-refractivity contribution in [2.75, 3.05) is 0 Å². The average molecular weight is 483 g/mol. The van der Waals surface area contributed by atoms with E-state index in [0.717, 1.165) is 32.7 Å². The summed E-state index contributed by atoms with van der Waals surface area (Å²) in [5.41, 5.74) is 1.86. The molecule has 6 aromatic carbocycles. The van der Waals surface area contributed by atoms with Crippen LogP contribution in [0.25, 0.3) is 32.7 Å². The van der Waals surface area contributed by atoms with E-state index in [2.05, 4.69) is 24.3 Å². The smallest absolute Gasteiger partial charge is 0.386 e. The van der Waals surface area contributed by atoms with Crippen LogP contribution in [0.3, 0.4) is 0 Å². The fourth-order valence-electron chi connectivity index (χ4n) is 4.85. The molecule has 37 heavy (non-hydrogen) atoms. The summed E-state index contributed by atoms with van der Waals surface area (Å²) in [5, 5.41) is 4.31. The number of fused-ring (bicyclic) bond motifs is 7. The summed E-state index contributed by atoms with van der Waals surface area (Å²) in [6.07, 6.45) is -1.92. The van der Waals surface area contributed by atoms with Crippen molar-refractivity contribution in [1.29, 1.82) is 0 Å². The molecule has 0 aromatic heterocycles. The highest BCUT2D eigenvalue weighted by molar-refractivity contribution is 6.09. The van der Waals surface area contributed by atoms with Gasteiger partial charge in [-0.1, -0.05) is 97.1 Å². The van der Waals surface area contributed by atoms with Crippen molar-refractivity contribution in [1.82, 2.24) is 0 Å². The minimum atomic E-state index is -1.92. The molecule has 4 nitrogen and oxygen atoms in total. The second-order valence-electron chi connectivity index (χ2n) is 8.85. The highest BCUT2D eigenvalue weighted by atomic mass is 17.0. The van der Waals surface area contributed by atoms with E-state index >= 15 is 0 Å². The largest absolute Gasteiger partial charge is 0.611 e. The lowest BCUT2D eigenvalue weighted by molar-refractivity contribution is -0.366. The third-order valence-electron chi connectivity index (χ3n) is 6.47. The molecule has 0 aliphatic carbocycles. The minimum Gasteiger partial charge on any atom is -0.386 e. The van der Waals surface area contributed by atoms with Crippen molar-refractivity contribution < 1.29 is 18.9 Å². The van der Waals surface area contributed by atoms with Crippen LogP contribution in [0.1, 0.15) is 0 Å². The van der Waals surface area contributed by atoms with Gasteiger partial charge in [-0.25, -0.2) is 0 Å². The van der Waals surface area contributed by atoms with Crippen LogP contribution in [0, 0.1) is 0 Å². The molecule has 0 atom stereocenters. The summed E-state index contributed by atoms with van der Waals surface area (Å²) in [5.74, 6) is 2.29. The van der Waals surface area contributed by atoms with Gasteiger partial charge < -0.3 is 18.9 Å². The molecule has 0 spiro atoms. The third-order valence-corrected chi connectivity index (χ3v) is 6.47. The van der Waals surface area contributed by atoms with Gasteiger partial charge in [0, 0.05) is 11.1 Å². The van der Waals surface area contributed by atoms with Crippen molar-refractivity contribution >= 4 is 21.5 Å². The van der Waals surface area contributed by atoms with Crippen LogP contribution in [0.2, 0.25) is 0 Å². The van der Waals surface area contributed by atoms with Crippen molar-refractivity contribution in [2.45, 2.75) is 6.16 Å². The molecule has 0 radical (unpaired) electrons. The first-order valence-corrected chi connectivity index (χ1v) is 12.2. The Labute approximate surface area is 214 Å². The van der Waals surface area contributed by atoms with Crippen LogP contribution in [0.15, 0.2) is 133 Å². The van der Waals surface area contributed by atoms with Gasteiger partial charge in [-0.2, -0.15) is 0 Å². The van der Waals surface area contributed by atoms with E-state index in [4.69, 9.17) is 18.9 Å². The summed E-state index contributed by atoms with van der Waals surface area (Å²) >= 11 is 0. The van der Waals surface area contributed by atoms with E-state index in [-0.39, 0.29) is 0 Å². The molecule has 7 rings (SSSR count). The Kier molecular flexibility index (Phi) is 4.96. The number of rotatable bonds is 4. The molecule has 1 aliphatic heterocycles. The molecule has 4 heteroatoms. The van der Waals surface area contributed by atoms with Crippen LogP contribution >= 0.6 is 0 Å². The molecule has 0 saturated heterocycles. The number of para-hydroxylation sites is 2. The van der Waals surface area contributed by atoms with Crippen molar-refractivity contribution in [2.24, 2.45) is 0 Å². The second kappa shape index (κ2) is 8.61. The Morgan fingerprint density at radius 3 is 1.27 bits per heavy atom. The molecule has 1 aliphatic rings. The van der Waals surface area contributed by atoms with Gasteiger partial charge in [-0.05, 0) is 57.9 Å². The Bertz CT molecular complexity index is 1600. The average Bonchev–Trinajstić information content (AvgIpc) is 3.08. The Morgan fingerprint density at radius 1 is 0.405 bits per heavy atom. The molecule has 0 bridgehead atoms. The van der Waals surface area contributed by atoms with Gasteiger partial charge >= 0.3 is 6.16 Å². The molecule has 0 fully saturated rings. The lowest BCUT2D eigenvalue weighted by Gasteiger charge is -2.31. The molecular weight excluding hydrogens is 460 g/mol. The zero-order chi connectivity index (χ0) is 24.7. The van der Waals surface area contributed by atoms with E-state index in [1.165, 1.54) is 0 Å². The van der Waals surface area contributed by atoms with Gasteiger partial charge in [-0.3, -0.25) is 0 Å². The standard InChI is InChI=1S/C33H22O4/c1-3-13-25(14-4-1)34-33(35-26-15-5-2-6-16-26)36-29-21-19-23-11-7-9-17-27(23)31(29)32-28-18-10-8-12-24(28)20-22-30(32)37-33/h1-22H. The number of benzene rings is 6. The first-order valence-electron chi connectivity index (χ1n) is 12.2. The topological polar surface area (TPSA) is 36.9 Å². The highest BCUT2D eigenvalue weighted by Gasteiger charge is 2.47. The predicted molar refractivity (Wildman–Crippen MR) is 145 cm³/mol. The van der Waals surface area contributed by atoms with Crippen LogP contribution in [-0.2, 0) is 0 Å². The first kappa shape index (κ1) is 21.3. The van der Waals surface area contributed by atoms with E-state index in [0.29, 0.717) is 23.0 Å². The van der Waals surface area contributed by atoms with Crippen LogP contribution in [-0.4, -0.2) is 6.16 Å². The van der Waals surface area contributed by atoms with E-state index < -0.39 is 6.16 Å². The molecule has 1 heterocycles. The van der Waals surface area contributed by atoms with Crippen molar-refractivity contribution in [3.8, 4) is 34.1 Å². The fraction of sp³-hybridized carbons (Fsp3) is 0.0303. The molecule has 0 saturated carbocycles. The molecule has 178 valence electrons. The van der Waals surface area contributed by atoms with E-state index in [9.17, 15) is 0 Å². The van der Waals surface area contributed by atoms with Crippen LogP contribution in [0.4, 0.5) is 0 Å². The summed E-state index contributed by atoms with van der Waals surface area (Å²) in [6.45, 7) is 0. The first-order chi connectivity index (χ1) is 18.3. The van der Waals surface area contributed by atoms with Gasteiger partial charge in [0.25, 0.3) is 0 Å². The maximum Gasteiger partial charge on any atom is 0.611 e. The number of hydrogen-bond donors (Lipinski definition) is 0. The normalized spacial score (nSPS) is 13.5.